The Labute approximate surface area is 208 Å². The number of amides is 1. The van der Waals surface area contributed by atoms with Gasteiger partial charge in [-0.15, -0.1) is 0 Å². The van der Waals surface area contributed by atoms with Crippen LogP contribution in [0.15, 0.2) is 12.1 Å². The molecule has 0 aliphatic carbocycles. The molecule has 0 saturated heterocycles. The van der Waals surface area contributed by atoms with Gasteiger partial charge in [-0.2, -0.15) is 0 Å². The van der Waals surface area contributed by atoms with Gasteiger partial charge in [0.15, 0.2) is 6.29 Å². The maximum absolute atomic E-state index is 13.1. The first kappa shape index (κ1) is 29.4. The third-order valence-electron chi connectivity index (χ3n) is 4.28. The standard InChI is InChI=1S/C20H33N4O11P/c1-12(2)34-19(26)29-9-32-36(28,33-10-30-20(27)35-13(3)4)11-31-14(5)8-15-6-7-16-17(25)22-18(21)23-24(15)16/h6-7,12-14,18,23H,8-11,21H2,1-5H3,(H,22,25). The number of fused-ring (bicyclic) bond motifs is 1. The second kappa shape index (κ2) is 13.5. The summed E-state index contributed by atoms with van der Waals surface area (Å²) in [5, 5.41) is 2.54. The number of carbonyl (C=O) groups excluding carboxylic acids is 3. The van der Waals surface area contributed by atoms with Gasteiger partial charge in [0.2, 0.25) is 13.6 Å². The predicted octanol–water partition coefficient (Wildman–Crippen LogP) is 2.19. The second-order valence-electron chi connectivity index (χ2n) is 8.16. The number of rotatable bonds is 13. The summed E-state index contributed by atoms with van der Waals surface area (Å²) in [7, 11) is -4.08. The van der Waals surface area contributed by atoms with Gasteiger partial charge in [0.25, 0.3) is 5.91 Å². The molecule has 4 N–H and O–H groups in total. The Bertz CT molecular complexity index is 920. The van der Waals surface area contributed by atoms with Crippen LogP contribution in [0.3, 0.4) is 0 Å². The van der Waals surface area contributed by atoms with E-state index >= 15 is 0 Å². The van der Waals surface area contributed by atoms with Crippen LogP contribution >= 0.6 is 7.60 Å². The van der Waals surface area contributed by atoms with Crippen molar-refractivity contribution in [3.8, 4) is 0 Å². The SMILES string of the molecule is CC(C)OC(=O)OCOP(=O)(COC(C)Cc1ccc2n1NC(N)NC2=O)OCOC(=O)OC(C)C. The van der Waals surface area contributed by atoms with E-state index in [4.69, 9.17) is 38.5 Å². The van der Waals surface area contributed by atoms with E-state index in [1.807, 2.05) is 0 Å². The summed E-state index contributed by atoms with van der Waals surface area (Å²) in [5.41, 5.74) is 9.70. The van der Waals surface area contributed by atoms with Crippen LogP contribution in [-0.2, 0) is 43.7 Å². The van der Waals surface area contributed by atoms with Gasteiger partial charge < -0.3 is 29.0 Å². The first-order valence-corrected chi connectivity index (χ1v) is 12.8. The molecule has 1 aromatic rings. The number of ether oxygens (including phenoxy) is 5. The minimum atomic E-state index is -4.08. The molecule has 0 bridgehead atoms. The lowest BCUT2D eigenvalue weighted by Gasteiger charge is -2.27. The molecule has 0 saturated carbocycles. The van der Waals surface area contributed by atoms with Crippen LogP contribution < -0.4 is 16.5 Å². The first-order valence-electron chi connectivity index (χ1n) is 11.1. The van der Waals surface area contributed by atoms with E-state index < -0.39 is 64.4 Å². The Morgan fingerprint density at radius 1 is 1.03 bits per heavy atom. The molecule has 0 radical (unpaired) electrons. The molecular formula is C20H33N4O11P. The molecule has 1 aliphatic heterocycles. The molecule has 0 fully saturated rings. The summed E-state index contributed by atoms with van der Waals surface area (Å²) in [6, 6.07) is 3.34. The van der Waals surface area contributed by atoms with E-state index in [9.17, 15) is 18.9 Å². The van der Waals surface area contributed by atoms with Gasteiger partial charge in [-0.05, 0) is 46.8 Å². The first-order chi connectivity index (χ1) is 16.9. The average molecular weight is 536 g/mol. The Morgan fingerprint density at radius 2 is 1.58 bits per heavy atom. The zero-order valence-electron chi connectivity index (χ0n) is 20.8. The van der Waals surface area contributed by atoms with E-state index in [1.54, 1.807) is 46.8 Å². The molecule has 16 heteroatoms. The van der Waals surface area contributed by atoms with Crippen molar-refractivity contribution in [2.45, 2.75) is 65.6 Å². The molecule has 0 spiro atoms. The number of hydrogen-bond donors (Lipinski definition) is 3. The third-order valence-corrected chi connectivity index (χ3v) is 5.74. The second-order valence-corrected chi connectivity index (χ2v) is 10.2. The molecule has 36 heavy (non-hydrogen) atoms. The maximum Gasteiger partial charge on any atom is 0.510 e. The van der Waals surface area contributed by atoms with Crippen molar-refractivity contribution in [1.82, 2.24) is 9.99 Å². The Kier molecular flexibility index (Phi) is 11.0. The fourth-order valence-electron chi connectivity index (χ4n) is 2.80. The van der Waals surface area contributed by atoms with Crippen molar-refractivity contribution in [1.29, 1.82) is 0 Å². The lowest BCUT2D eigenvalue weighted by atomic mass is 10.2. The summed E-state index contributed by atoms with van der Waals surface area (Å²) in [5.74, 6) is -0.334. The number of nitrogens with zero attached hydrogens (tertiary/aromatic N) is 1. The summed E-state index contributed by atoms with van der Waals surface area (Å²) < 4.78 is 49.6. The molecule has 0 aromatic carbocycles. The van der Waals surface area contributed by atoms with Crippen LogP contribution in [0.25, 0.3) is 0 Å². The molecule has 15 nitrogen and oxygen atoms in total. The van der Waals surface area contributed by atoms with Gasteiger partial charge in [-0.25, -0.2) is 9.59 Å². The molecule has 1 aliphatic rings. The van der Waals surface area contributed by atoms with Gasteiger partial charge in [-0.1, -0.05) is 0 Å². The minimum Gasteiger partial charge on any atom is -0.432 e. The number of aromatic nitrogens is 1. The van der Waals surface area contributed by atoms with E-state index in [0.29, 0.717) is 17.8 Å². The van der Waals surface area contributed by atoms with Gasteiger partial charge in [0, 0.05) is 12.1 Å². The van der Waals surface area contributed by atoms with Crippen molar-refractivity contribution in [3.63, 3.8) is 0 Å². The van der Waals surface area contributed by atoms with Crippen LogP contribution in [0.4, 0.5) is 9.59 Å². The van der Waals surface area contributed by atoms with Gasteiger partial charge in [-0.3, -0.25) is 34.2 Å². The van der Waals surface area contributed by atoms with E-state index in [2.05, 4.69) is 10.7 Å². The molecule has 2 unspecified atom stereocenters. The number of nitrogens with one attached hydrogen (secondary N) is 2. The highest BCUT2D eigenvalue weighted by atomic mass is 31.2. The van der Waals surface area contributed by atoms with Crippen molar-refractivity contribution in [2.24, 2.45) is 5.73 Å². The van der Waals surface area contributed by atoms with E-state index in [0.717, 1.165) is 0 Å². The molecule has 2 heterocycles. The fraction of sp³-hybridized carbons (Fsp3) is 0.650. The van der Waals surface area contributed by atoms with Crippen LogP contribution in [0.1, 0.15) is 50.8 Å². The van der Waals surface area contributed by atoms with Crippen LogP contribution in [-0.4, -0.2) is 67.4 Å². The highest BCUT2D eigenvalue weighted by molar-refractivity contribution is 7.53. The van der Waals surface area contributed by atoms with Crippen LogP contribution in [0, 0.1) is 0 Å². The van der Waals surface area contributed by atoms with Gasteiger partial charge in [0.05, 0.1) is 18.3 Å². The molecule has 1 aromatic heterocycles. The zero-order chi connectivity index (χ0) is 26.9. The van der Waals surface area contributed by atoms with E-state index in [1.165, 1.54) is 4.68 Å². The smallest absolute Gasteiger partial charge is 0.432 e. The van der Waals surface area contributed by atoms with Crippen LogP contribution in [0.2, 0.25) is 0 Å². The minimum absolute atomic E-state index is 0.293. The predicted molar refractivity (Wildman–Crippen MR) is 123 cm³/mol. The maximum atomic E-state index is 13.1. The Balaban J connectivity index is 1.95. The van der Waals surface area contributed by atoms with Crippen molar-refractivity contribution in [2.75, 3.05) is 25.4 Å². The molecule has 2 atom stereocenters. The van der Waals surface area contributed by atoms with Gasteiger partial charge >= 0.3 is 19.9 Å². The number of nitrogens with two attached hydrogens (primary N) is 1. The zero-order valence-corrected chi connectivity index (χ0v) is 21.6. The van der Waals surface area contributed by atoms with Crippen molar-refractivity contribution >= 4 is 25.8 Å². The third kappa shape index (κ3) is 9.66. The van der Waals surface area contributed by atoms with Crippen molar-refractivity contribution < 1.29 is 51.7 Å². The lowest BCUT2D eigenvalue weighted by molar-refractivity contribution is -0.0365. The van der Waals surface area contributed by atoms with Crippen LogP contribution in [0.5, 0.6) is 0 Å². The Hall–Kier alpha value is -2.84. The largest absolute Gasteiger partial charge is 0.510 e. The summed E-state index contributed by atoms with van der Waals surface area (Å²) in [6.45, 7) is 6.65. The highest BCUT2D eigenvalue weighted by Gasteiger charge is 2.29. The molecular weight excluding hydrogens is 503 g/mol. The summed E-state index contributed by atoms with van der Waals surface area (Å²) in [6.07, 6.45) is -4.50. The monoisotopic (exact) mass is 536 g/mol. The normalized spacial score (nSPS) is 16.1. The lowest BCUT2D eigenvalue weighted by Crippen LogP contribution is -2.55. The number of carbonyl (C=O) groups is 3. The highest BCUT2D eigenvalue weighted by Crippen LogP contribution is 2.48. The van der Waals surface area contributed by atoms with E-state index in [-0.39, 0.29) is 5.91 Å². The van der Waals surface area contributed by atoms with Gasteiger partial charge in [0.1, 0.15) is 12.0 Å². The summed E-state index contributed by atoms with van der Waals surface area (Å²) in [4.78, 5) is 35.1. The number of hydrogen-bond acceptors (Lipinski definition) is 13. The van der Waals surface area contributed by atoms with Crippen molar-refractivity contribution in [3.05, 3.63) is 23.5 Å². The summed E-state index contributed by atoms with van der Waals surface area (Å²) >= 11 is 0. The molecule has 1 amide bonds. The quantitative estimate of drug-likeness (QED) is 0.189. The topological polar surface area (TPSA) is 188 Å². The Morgan fingerprint density at radius 3 is 2.11 bits per heavy atom. The average Bonchev–Trinajstić information content (AvgIpc) is 3.14. The molecule has 2 rings (SSSR count). The molecule has 204 valence electrons. The fourth-order valence-corrected chi connectivity index (χ4v) is 3.89.